The molecule has 0 aromatic carbocycles. The van der Waals surface area contributed by atoms with Crippen molar-refractivity contribution in [1.29, 1.82) is 0 Å². The number of nitrogens with one attached hydrogen (secondary N) is 1. The normalized spacial score (nSPS) is 12.0. The predicted molar refractivity (Wildman–Crippen MR) is 90.1 cm³/mol. The lowest BCUT2D eigenvalue weighted by atomic mass is 9.96. The maximum atomic E-state index is 12.8. The largest absolute Gasteiger partial charge is 0.320 e. The van der Waals surface area contributed by atoms with Crippen molar-refractivity contribution in [3.8, 4) is 0 Å². The van der Waals surface area contributed by atoms with Crippen molar-refractivity contribution in [1.82, 2.24) is 19.9 Å². The number of unbranched alkanes of at least 4 members (excludes halogenated alkanes) is 1. The first-order valence-corrected chi connectivity index (χ1v) is 7.90. The van der Waals surface area contributed by atoms with Gasteiger partial charge in [-0.05, 0) is 37.9 Å². The van der Waals surface area contributed by atoms with Gasteiger partial charge < -0.3 is 5.32 Å². The summed E-state index contributed by atoms with van der Waals surface area (Å²) in [7, 11) is 1.95. The van der Waals surface area contributed by atoms with Gasteiger partial charge in [-0.25, -0.2) is 4.98 Å². The van der Waals surface area contributed by atoms with Gasteiger partial charge in [0.15, 0.2) is 0 Å². The molecule has 5 nitrogen and oxygen atoms in total. The maximum Gasteiger partial charge on any atom is 0.261 e. The van der Waals surface area contributed by atoms with E-state index in [9.17, 15) is 4.79 Å². The van der Waals surface area contributed by atoms with Gasteiger partial charge in [0, 0.05) is 19.2 Å². The maximum absolute atomic E-state index is 12.8. The summed E-state index contributed by atoms with van der Waals surface area (Å²) in [6.07, 6.45) is 6.24. The molecule has 0 radical (unpaired) electrons. The molecule has 0 aliphatic rings. The summed E-state index contributed by atoms with van der Waals surface area (Å²) >= 11 is 0. The molecule has 2 aromatic heterocycles. The zero-order valence-corrected chi connectivity index (χ0v) is 14.0. The Morgan fingerprint density at radius 3 is 2.73 bits per heavy atom. The lowest BCUT2D eigenvalue weighted by Crippen LogP contribution is -2.30. The molecule has 2 aromatic rings. The van der Waals surface area contributed by atoms with E-state index in [4.69, 9.17) is 4.98 Å². The molecule has 0 spiro atoms. The van der Waals surface area contributed by atoms with Crippen LogP contribution in [0.5, 0.6) is 0 Å². The minimum absolute atomic E-state index is 0.0337. The van der Waals surface area contributed by atoms with Crippen molar-refractivity contribution in [3.63, 3.8) is 0 Å². The molecule has 2 rings (SSSR count). The molecular formula is C17H26N4O. The van der Waals surface area contributed by atoms with Gasteiger partial charge in [0.05, 0.1) is 17.1 Å². The minimum Gasteiger partial charge on any atom is -0.320 e. The topological polar surface area (TPSA) is 59.8 Å². The molecule has 0 aliphatic heterocycles. The van der Waals surface area contributed by atoms with Crippen LogP contribution < -0.4 is 10.9 Å². The third-order valence-electron chi connectivity index (χ3n) is 3.55. The van der Waals surface area contributed by atoms with Crippen LogP contribution in [0.1, 0.15) is 39.4 Å². The summed E-state index contributed by atoms with van der Waals surface area (Å²) < 4.78 is 1.85. The Balaban J connectivity index is 2.41. The van der Waals surface area contributed by atoms with Crippen LogP contribution in [0.4, 0.5) is 0 Å². The van der Waals surface area contributed by atoms with Crippen molar-refractivity contribution < 1.29 is 0 Å². The quantitative estimate of drug-likeness (QED) is 0.832. The van der Waals surface area contributed by atoms with Crippen molar-refractivity contribution in [2.45, 2.75) is 46.6 Å². The number of aromatic nitrogens is 3. The van der Waals surface area contributed by atoms with Gasteiger partial charge in [-0.3, -0.25) is 14.3 Å². The molecule has 0 atom stereocenters. The van der Waals surface area contributed by atoms with E-state index in [-0.39, 0.29) is 11.0 Å². The molecule has 0 aliphatic carbocycles. The molecule has 0 fully saturated rings. The monoisotopic (exact) mass is 302 g/mol. The van der Waals surface area contributed by atoms with E-state index in [1.54, 1.807) is 18.5 Å². The number of fused-ring (bicyclic) bond motifs is 1. The van der Waals surface area contributed by atoms with E-state index in [2.05, 4.69) is 31.1 Å². The molecule has 2 heterocycles. The van der Waals surface area contributed by atoms with E-state index in [0.717, 1.165) is 31.6 Å². The number of hydrogen-bond donors (Lipinski definition) is 1. The lowest BCUT2D eigenvalue weighted by molar-refractivity contribution is 0.330. The summed E-state index contributed by atoms with van der Waals surface area (Å²) in [5.41, 5.74) is 0.776. The van der Waals surface area contributed by atoms with Gasteiger partial charge in [0.1, 0.15) is 5.82 Å². The van der Waals surface area contributed by atoms with E-state index >= 15 is 0 Å². The highest BCUT2D eigenvalue weighted by atomic mass is 16.1. The highest BCUT2D eigenvalue weighted by molar-refractivity contribution is 5.76. The van der Waals surface area contributed by atoms with E-state index in [0.29, 0.717) is 17.4 Å². The van der Waals surface area contributed by atoms with E-state index < -0.39 is 0 Å². The van der Waals surface area contributed by atoms with Gasteiger partial charge in [-0.15, -0.1) is 0 Å². The van der Waals surface area contributed by atoms with Crippen LogP contribution in [0.2, 0.25) is 0 Å². The van der Waals surface area contributed by atoms with Gasteiger partial charge in [-0.2, -0.15) is 0 Å². The fourth-order valence-corrected chi connectivity index (χ4v) is 2.53. The molecule has 0 saturated carbocycles. The van der Waals surface area contributed by atoms with Gasteiger partial charge in [-0.1, -0.05) is 20.8 Å². The molecule has 0 amide bonds. The zero-order valence-electron chi connectivity index (χ0n) is 14.0. The lowest BCUT2D eigenvalue weighted by Gasteiger charge is -2.22. The zero-order chi connectivity index (χ0) is 16.2. The minimum atomic E-state index is 0.0337. The van der Waals surface area contributed by atoms with Crippen LogP contribution in [-0.4, -0.2) is 28.1 Å². The van der Waals surface area contributed by atoms with Crippen molar-refractivity contribution in [3.05, 3.63) is 34.6 Å². The SMILES string of the molecule is CNCCCCc1nc2cnccc2c(=O)n1CC(C)(C)C. The smallest absolute Gasteiger partial charge is 0.261 e. The summed E-state index contributed by atoms with van der Waals surface area (Å²) in [6.45, 7) is 8.08. The van der Waals surface area contributed by atoms with Crippen LogP contribution in [0.3, 0.4) is 0 Å². The number of aryl methyl sites for hydroxylation is 1. The van der Waals surface area contributed by atoms with Crippen LogP contribution in [0.15, 0.2) is 23.3 Å². The molecule has 0 unspecified atom stereocenters. The number of hydrogen-bond acceptors (Lipinski definition) is 4. The Bertz CT molecular complexity index is 685. The number of nitrogens with zero attached hydrogens (tertiary/aromatic N) is 3. The van der Waals surface area contributed by atoms with E-state index in [1.807, 2.05) is 11.6 Å². The Morgan fingerprint density at radius 1 is 1.27 bits per heavy atom. The van der Waals surface area contributed by atoms with Crippen LogP contribution in [0, 0.1) is 5.41 Å². The Labute approximate surface area is 131 Å². The third kappa shape index (κ3) is 4.13. The van der Waals surface area contributed by atoms with Crippen LogP contribution >= 0.6 is 0 Å². The summed E-state index contributed by atoms with van der Waals surface area (Å²) in [5, 5.41) is 3.80. The average molecular weight is 302 g/mol. The van der Waals surface area contributed by atoms with Crippen LogP contribution in [-0.2, 0) is 13.0 Å². The van der Waals surface area contributed by atoms with Gasteiger partial charge in [0.25, 0.3) is 5.56 Å². The average Bonchev–Trinajstić information content (AvgIpc) is 2.46. The standard InChI is InChI=1S/C17H26N4O/c1-17(2,3)12-21-15(7-5-6-9-18-4)20-14-11-19-10-8-13(14)16(21)22/h8,10-11,18H,5-7,9,12H2,1-4H3. The predicted octanol–water partition coefficient (Wildman–Crippen LogP) is 2.38. The van der Waals surface area contributed by atoms with Gasteiger partial charge in [0.2, 0.25) is 0 Å². The Morgan fingerprint density at radius 2 is 2.05 bits per heavy atom. The second-order valence-corrected chi connectivity index (χ2v) is 6.93. The first kappa shape index (κ1) is 16.6. The molecule has 1 N–H and O–H groups in total. The van der Waals surface area contributed by atoms with Gasteiger partial charge >= 0.3 is 0 Å². The second kappa shape index (κ2) is 7.01. The van der Waals surface area contributed by atoms with Crippen molar-refractivity contribution >= 4 is 10.9 Å². The summed E-state index contributed by atoms with van der Waals surface area (Å²) in [4.78, 5) is 21.6. The first-order chi connectivity index (χ1) is 10.4. The summed E-state index contributed by atoms with van der Waals surface area (Å²) in [6, 6.07) is 1.76. The molecule has 0 saturated heterocycles. The van der Waals surface area contributed by atoms with Crippen molar-refractivity contribution in [2.24, 2.45) is 5.41 Å². The molecular weight excluding hydrogens is 276 g/mol. The first-order valence-electron chi connectivity index (χ1n) is 7.90. The molecule has 22 heavy (non-hydrogen) atoms. The fraction of sp³-hybridized carbons (Fsp3) is 0.588. The van der Waals surface area contributed by atoms with E-state index in [1.165, 1.54) is 0 Å². The third-order valence-corrected chi connectivity index (χ3v) is 3.55. The molecule has 0 bridgehead atoms. The number of pyridine rings is 1. The number of rotatable bonds is 6. The Kier molecular flexibility index (Phi) is 5.29. The molecule has 5 heteroatoms. The fourth-order valence-electron chi connectivity index (χ4n) is 2.53. The van der Waals surface area contributed by atoms with Crippen LogP contribution in [0.25, 0.3) is 10.9 Å². The van der Waals surface area contributed by atoms with Crippen molar-refractivity contribution in [2.75, 3.05) is 13.6 Å². The molecule has 120 valence electrons. The highest BCUT2D eigenvalue weighted by Crippen LogP contribution is 2.18. The second-order valence-electron chi connectivity index (χ2n) is 6.93. The highest BCUT2D eigenvalue weighted by Gasteiger charge is 2.17. The Hall–Kier alpha value is -1.75. The summed E-state index contributed by atoms with van der Waals surface area (Å²) in [5.74, 6) is 0.872.